The van der Waals surface area contributed by atoms with Crippen LogP contribution in [0.3, 0.4) is 0 Å². The van der Waals surface area contributed by atoms with Crippen molar-refractivity contribution in [1.82, 2.24) is 0 Å². The van der Waals surface area contributed by atoms with Gasteiger partial charge >= 0.3 is 38.7 Å². The number of rotatable bonds is 0. The SMILES string of the molecule is O=[Si](O)O.[Ag].[AlH3].[H-].[Na+].[Zn]. The van der Waals surface area contributed by atoms with Crippen molar-refractivity contribution < 1.29 is 86.9 Å². The van der Waals surface area contributed by atoms with Crippen LogP contribution < -0.4 is 29.6 Å². The van der Waals surface area contributed by atoms with Crippen LogP contribution in [0.2, 0.25) is 0 Å². The molecule has 0 aromatic rings. The molecular formula is H6AgAlNaO3SiZn. The predicted molar refractivity (Wildman–Crippen MR) is 21.9 cm³/mol. The smallest absolute Gasteiger partial charge is 1.00 e. The summed E-state index contributed by atoms with van der Waals surface area (Å²) in [5.74, 6) is 0. The molecule has 3 nitrogen and oxygen atoms in total. The van der Waals surface area contributed by atoms with E-state index < -0.39 is 9.17 Å². The Morgan fingerprint density at radius 1 is 1.38 bits per heavy atom. The van der Waals surface area contributed by atoms with E-state index in [1.165, 1.54) is 0 Å². The summed E-state index contributed by atoms with van der Waals surface area (Å²) in [4.78, 5) is 14.3. The molecule has 0 spiro atoms. The second kappa shape index (κ2) is 22.7. The van der Waals surface area contributed by atoms with E-state index >= 15 is 0 Å². The standard InChI is InChI=1S/Ag.Al.Na.H2O3Si.Zn.4H/c;;;1-4(2)3;;;;;/h;;;1-2H;;;;;/q;;+1;;;;;;-1. The molecule has 1 radical (unpaired) electrons. The van der Waals surface area contributed by atoms with Gasteiger partial charge in [-0.15, -0.1) is 0 Å². The van der Waals surface area contributed by atoms with Gasteiger partial charge in [-0.3, -0.25) is 4.46 Å². The first-order valence-electron chi connectivity index (χ1n) is 0.651. The van der Waals surface area contributed by atoms with Crippen molar-refractivity contribution in [2.24, 2.45) is 0 Å². The first kappa shape index (κ1) is 31.3. The fourth-order valence-electron chi connectivity index (χ4n) is 0. The summed E-state index contributed by atoms with van der Waals surface area (Å²) in [5.41, 5.74) is 0. The van der Waals surface area contributed by atoms with Gasteiger partial charge in [0.1, 0.15) is 0 Å². The zero-order valence-electron chi connectivity index (χ0n) is 4.81. The van der Waals surface area contributed by atoms with Crippen LogP contribution in [0.5, 0.6) is 0 Å². The molecule has 0 amide bonds. The van der Waals surface area contributed by atoms with E-state index in [2.05, 4.69) is 0 Å². The van der Waals surface area contributed by atoms with E-state index in [1.54, 1.807) is 0 Å². The fraction of sp³-hybridized carbons (Fsp3) is 0. The summed E-state index contributed by atoms with van der Waals surface area (Å²) in [6.45, 7) is 0. The molecule has 0 saturated heterocycles. The van der Waals surface area contributed by atoms with Crippen molar-refractivity contribution in [2.75, 3.05) is 0 Å². The van der Waals surface area contributed by atoms with E-state index in [0.717, 1.165) is 0 Å². The van der Waals surface area contributed by atoms with Crippen LogP contribution in [0.25, 0.3) is 0 Å². The second-order valence-corrected chi connectivity index (χ2v) is 0.848. The van der Waals surface area contributed by atoms with Crippen LogP contribution in [0.1, 0.15) is 1.43 Å². The van der Waals surface area contributed by atoms with Gasteiger partial charge in [0.05, 0.1) is 0 Å². The predicted octanol–water partition coefficient (Wildman–Crippen LogP) is -5.69. The Bertz CT molecular complexity index is 46.8. The number of hydrogen-bond donors (Lipinski definition) is 2. The second-order valence-electron chi connectivity index (χ2n) is 0.283. The molecule has 2 N–H and O–H groups in total. The van der Waals surface area contributed by atoms with Gasteiger partial charge < -0.3 is 11.0 Å². The van der Waals surface area contributed by atoms with Crippen molar-refractivity contribution >= 4 is 26.5 Å². The molecule has 0 atom stereocenters. The quantitative estimate of drug-likeness (QED) is 0.439. The number of hydrogen-bond acceptors (Lipinski definition) is 1. The summed E-state index contributed by atoms with van der Waals surface area (Å²) in [5, 5.41) is 0. The van der Waals surface area contributed by atoms with Gasteiger partial charge in [0.25, 0.3) is 0 Å². The van der Waals surface area contributed by atoms with E-state index in [0.29, 0.717) is 0 Å². The van der Waals surface area contributed by atoms with Crippen LogP contribution in [0.4, 0.5) is 0 Å². The average molecular weight is 305 g/mol. The molecule has 8 heavy (non-hydrogen) atoms. The van der Waals surface area contributed by atoms with Gasteiger partial charge in [0.2, 0.25) is 0 Å². The third-order valence-electron chi connectivity index (χ3n) is 0. The maximum Gasteiger partial charge on any atom is 1.00 e. The molecule has 8 heteroatoms. The Morgan fingerprint density at radius 3 is 1.38 bits per heavy atom. The molecule has 0 aromatic carbocycles. The van der Waals surface area contributed by atoms with E-state index in [9.17, 15) is 0 Å². The first-order chi connectivity index (χ1) is 1.73. The van der Waals surface area contributed by atoms with Crippen molar-refractivity contribution in [3.05, 3.63) is 0 Å². The Kier molecular flexibility index (Phi) is 88.8. The first-order valence-corrected chi connectivity index (χ1v) is 1.95. The fourth-order valence-corrected chi connectivity index (χ4v) is 0. The molecule has 0 aliphatic heterocycles. The molecule has 0 unspecified atom stereocenters. The van der Waals surface area contributed by atoms with E-state index in [4.69, 9.17) is 14.1 Å². The van der Waals surface area contributed by atoms with Gasteiger partial charge in [-0.05, 0) is 0 Å². The monoisotopic (exact) mass is 303 g/mol. The zero-order chi connectivity index (χ0) is 3.58. The van der Waals surface area contributed by atoms with Gasteiger partial charge in [-0.25, -0.2) is 0 Å². The largest absolute Gasteiger partial charge is 1.00 e. The molecule has 0 saturated carbocycles. The van der Waals surface area contributed by atoms with Crippen molar-refractivity contribution in [3.63, 3.8) is 0 Å². The van der Waals surface area contributed by atoms with Crippen molar-refractivity contribution in [2.45, 2.75) is 0 Å². The normalized spacial score (nSPS) is 3.00. The van der Waals surface area contributed by atoms with Gasteiger partial charge in [-0.2, -0.15) is 0 Å². The molecule has 0 bridgehead atoms. The van der Waals surface area contributed by atoms with E-state index in [1.807, 2.05) is 0 Å². The van der Waals surface area contributed by atoms with Crippen LogP contribution in [-0.2, 0) is 46.3 Å². The molecule has 0 aromatic heterocycles. The minimum Gasteiger partial charge on any atom is -1.00 e. The summed E-state index contributed by atoms with van der Waals surface area (Å²) in [6.07, 6.45) is 0. The van der Waals surface area contributed by atoms with Gasteiger partial charge in [0, 0.05) is 41.9 Å². The summed E-state index contributed by atoms with van der Waals surface area (Å²) in [6, 6.07) is 0. The summed E-state index contributed by atoms with van der Waals surface area (Å²) < 4.78 is 8.74. The Labute approximate surface area is 112 Å². The Morgan fingerprint density at radius 2 is 1.38 bits per heavy atom. The average Bonchev–Trinajstić information content (AvgIpc) is 0.811. The van der Waals surface area contributed by atoms with Gasteiger partial charge in [-0.1, -0.05) is 0 Å². The Balaban J connectivity index is -0.00000000450. The molecule has 0 aliphatic rings. The molecule has 45 valence electrons. The molecule has 0 fully saturated rings. The topological polar surface area (TPSA) is 57.5 Å². The molecule has 0 aliphatic carbocycles. The molecule has 0 rings (SSSR count). The summed E-state index contributed by atoms with van der Waals surface area (Å²) in [7, 11) is -3.13. The van der Waals surface area contributed by atoms with Crippen molar-refractivity contribution in [3.8, 4) is 0 Å². The zero-order valence-corrected chi connectivity index (χ0v) is 11.3. The maximum absolute atomic E-state index is 8.74. The van der Waals surface area contributed by atoms with Crippen LogP contribution in [-0.4, -0.2) is 36.1 Å². The van der Waals surface area contributed by atoms with Crippen LogP contribution in [0, 0.1) is 0 Å². The van der Waals surface area contributed by atoms with Crippen LogP contribution in [0.15, 0.2) is 0 Å². The van der Waals surface area contributed by atoms with E-state index in [-0.39, 0.29) is 90.2 Å². The third kappa shape index (κ3) is 76.1. The minimum atomic E-state index is -3.13. The van der Waals surface area contributed by atoms with Crippen molar-refractivity contribution in [1.29, 1.82) is 0 Å². The van der Waals surface area contributed by atoms with Crippen LogP contribution >= 0.6 is 0 Å². The summed E-state index contributed by atoms with van der Waals surface area (Å²) >= 11 is 0. The van der Waals surface area contributed by atoms with Gasteiger partial charge in [0.15, 0.2) is 17.4 Å². The molecular weight excluding hydrogens is 299 g/mol. The molecule has 0 heterocycles. The Hall–Kier alpha value is 2.51. The minimum absolute atomic E-state index is 0. The third-order valence-corrected chi connectivity index (χ3v) is 0. The maximum atomic E-state index is 8.74.